The minimum Gasteiger partial charge on any atom is -0.448 e. The standard InChI is InChI=1S/C24H22ClN5O4/c25-17-6-2-3-7-18(17)27-20(31)13-28-9-11-29(12-10-28)21(32)14-30-15-26-22-16-5-1-4-8-19(16)34-23(22)24(30)33/h1-8,15H,9-14H2,(H,27,31). The number of halogens is 1. The third kappa shape index (κ3) is 4.40. The highest BCUT2D eigenvalue weighted by Gasteiger charge is 2.24. The van der Waals surface area contributed by atoms with Crippen molar-refractivity contribution in [2.45, 2.75) is 6.54 Å². The molecule has 1 aliphatic heterocycles. The number of fused-ring (bicyclic) bond motifs is 3. The third-order valence-electron chi connectivity index (χ3n) is 5.90. The Kier molecular flexibility index (Phi) is 6.04. The van der Waals surface area contributed by atoms with Crippen molar-refractivity contribution in [3.63, 3.8) is 0 Å². The summed E-state index contributed by atoms with van der Waals surface area (Å²) in [5.41, 5.74) is 1.41. The van der Waals surface area contributed by atoms with Crippen LogP contribution in [0.2, 0.25) is 5.02 Å². The van der Waals surface area contributed by atoms with Gasteiger partial charge in [0.1, 0.15) is 17.6 Å². The SMILES string of the molecule is O=C(CN1CCN(C(=O)Cn2cnc3c(oc4ccccc43)c2=O)CC1)Nc1ccccc1Cl. The summed E-state index contributed by atoms with van der Waals surface area (Å²) in [6.45, 7) is 2.13. The predicted octanol–water partition coefficient (Wildman–Crippen LogP) is 2.58. The Bertz CT molecular complexity index is 1440. The van der Waals surface area contributed by atoms with Crippen LogP contribution in [0.1, 0.15) is 0 Å². The van der Waals surface area contributed by atoms with Crippen molar-refractivity contribution >= 4 is 51.2 Å². The summed E-state index contributed by atoms with van der Waals surface area (Å²) in [5, 5.41) is 4.06. The number of hydrogen-bond donors (Lipinski definition) is 1. The van der Waals surface area contributed by atoms with Gasteiger partial charge < -0.3 is 14.6 Å². The maximum atomic E-state index is 12.9. The summed E-state index contributed by atoms with van der Waals surface area (Å²) in [6.07, 6.45) is 1.39. The highest BCUT2D eigenvalue weighted by Crippen LogP contribution is 2.24. The molecule has 1 aliphatic rings. The van der Waals surface area contributed by atoms with Crippen LogP contribution in [-0.4, -0.2) is 63.9 Å². The van der Waals surface area contributed by atoms with Gasteiger partial charge in [0, 0.05) is 31.6 Å². The zero-order chi connectivity index (χ0) is 23.7. The van der Waals surface area contributed by atoms with Crippen LogP contribution in [0, 0.1) is 0 Å². The van der Waals surface area contributed by atoms with E-state index in [1.165, 1.54) is 10.9 Å². The fraction of sp³-hybridized carbons (Fsp3) is 0.250. The first-order valence-electron chi connectivity index (χ1n) is 10.9. The highest BCUT2D eigenvalue weighted by atomic mass is 35.5. The van der Waals surface area contributed by atoms with Gasteiger partial charge in [0.15, 0.2) is 0 Å². The van der Waals surface area contributed by atoms with Gasteiger partial charge in [-0.15, -0.1) is 0 Å². The van der Waals surface area contributed by atoms with E-state index in [-0.39, 0.29) is 36.0 Å². The maximum Gasteiger partial charge on any atom is 0.297 e. The van der Waals surface area contributed by atoms with Crippen LogP contribution >= 0.6 is 11.6 Å². The number of nitrogens with zero attached hydrogens (tertiary/aromatic N) is 4. The molecule has 1 saturated heterocycles. The lowest BCUT2D eigenvalue weighted by molar-refractivity contribution is -0.133. The van der Waals surface area contributed by atoms with Crippen LogP contribution in [0.3, 0.4) is 0 Å². The van der Waals surface area contributed by atoms with Gasteiger partial charge in [-0.2, -0.15) is 0 Å². The van der Waals surface area contributed by atoms with Gasteiger partial charge in [0.05, 0.1) is 23.6 Å². The number of benzene rings is 2. The fourth-order valence-corrected chi connectivity index (χ4v) is 4.27. The zero-order valence-corrected chi connectivity index (χ0v) is 19.0. The molecular weight excluding hydrogens is 458 g/mol. The topological polar surface area (TPSA) is 101 Å². The van der Waals surface area contributed by atoms with Crippen molar-refractivity contribution in [3.05, 3.63) is 70.2 Å². The van der Waals surface area contributed by atoms with Crippen LogP contribution in [0.4, 0.5) is 5.69 Å². The first-order valence-corrected chi connectivity index (χ1v) is 11.3. The molecule has 34 heavy (non-hydrogen) atoms. The van der Waals surface area contributed by atoms with E-state index >= 15 is 0 Å². The van der Waals surface area contributed by atoms with Gasteiger partial charge in [-0.25, -0.2) is 4.98 Å². The molecule has 9 nitrogen and oxygen atoms in total. The average molecular weight is 480 g/mol. The number of anilines is 1. The summed E-state index contributed by atoms with van der Waals surface area (Å²) < 4.78 is 6.95. The molecule has 1 fully saturated rings. The molecule has 1 N–H and O–H groups in total. The number of para-hydroxylation sites is 2. The number of rotatable bonds is 5. The molecule has 0 aliphatic carbocycles. The lowest BCUT2D eigenvalue weighted by Crippen LogP contribution is -2.51. The first-order chi connectivity index (χ1) is 16.5. The van der Waals surface area contributed by atoms with Crippen molar-refractivity contribution in [2.24, 2.45) is 0 Å². The van der Waals surface area contributed by atoms with Gasteiger partial charge in [0.25, 0.3) is 5.56 Å². The molecule has 2 aromatic heterocycles. The molecule has 0 atom stereocenters. The average Bonchev–Trinajstić information content (AvgIpc) is 3.22. The lowest BCUT2D eigenvalue weighted by Gasteiger charge is -2.34. The minimum absolute atomic E-state index is 0.119. The first kappa shape index (κ1) is 22.1. The van der Waals surface area contributed by atoms with Crippen LogP contribution in [0.5, 0.6) is 0 Å². The predicted molar refractivity (Wildman–Crippen MR) is 129 cm³/mol. The van der Waals surface area contributed by atoms with Crippen molar-refractivity contribution in [3.8, 4) is 0 Å². The number of hydrogen-bond acceptors (Lipinski definition) is 6. The number of carbonyl (C=O) groups is 2. The van der Waals surface area contributed by atoms with E-state index in [0.717, 1.165) is 5.39 Å². The number of carbonyl (C=O) groups excluding carboxylic acids is 2. The van der Waals surface area contributed by atoms with Gasteiger partial charge in [-0.3, -0.25) is 23.9 Å². The Balaban J connectivity index is 1.18. The number of aromatic nitrogens is 2. The van der Waals surface area contributed by atoms with Crippen molar-refractivity contribution in [1.29, 1.82) is 0 Å². The maximum absolute atomic E-state index is 12.9. The van der Waals surface area contributed by atoms with Crippen molar-refractivity contribution < 1.29 is 14.0 Å². The second kappa shape index (κ2) is 9.28. The summed E-state index contributed by atoms with van der Waals surface area (Å²) in [6, 6.07) is 14.4. The monoisotopic (exact) mass is 479 g/mol. The van der Waals surface area contributed by atoms with E-state index in [0.29, 0.717) is 48.0 Å². The Morgan fingerprint density at radius 3 is 2.53 bits per heavy atom. The normalized spacial score (nSPS) is 14.6. The Labute approximate surface area is 199 Å². The Morgan fingerprint density at radius 1 is 1.00 bits per heavy atom. The van der Waals surface area contributed by atoms with Gasteiger partial charge in [-0.05, 0) is 24.3 Å². The second-order valence-electron chi connectivity index (χ2n) is 8.14. The molecule has 174 valence electrons. The van der Waals surface area contributed by atoms with Crippen LogP contribution in [0.25, 0.3) is 22.1 Å². The Morgan fingerprint density at radius 2 is 1.74 bits per heavy atom. The van der Waals surface area contributed by atoms with E-state index in [2.05, 4.69) is 10.3 Å². The van der Waals surface area contributed by atoms with Gasteiger partial charge in [-0.1, -0.05) is 35.9 Å². The summed E-state index contributed by atoms with van der Waals surface area (Å²) in [4.78, 5) is 46.1. The van der Waals surface area contributed by atoms with E-state index in [1.807, 2.05) is 23.1 Å². The van der Waals surface area contributed by atoms with Crippen LogP contribution < -0.4 is 10.9 Å². The highest BCUT2D eigenvalue weighted by molar-refractivity contribution is 6.33. The van der Waals surface area contributed by atoms with E-state index < -0.39 is 0 Å². The zero-order valence-electron chi connectivity index (χ0n) is 18.2. The molecular formula is C24H22ClN5O4. The molecule has 2 aromatic carbocycles. The second-order valence-corrected chi connectivity index (χ2v) is 8.55. The number of amides is 2. The Hall–Kier alpha value is -3.69. The molecule has 0 saturated carbocycles. The van der Waals surface area contributed by atoms with E-state index in [1.54, 1.807) is 35.2 Å². The molecule has 0 bridgehead atoms. The van der Waals surface area contributed by atoms with Crippen molar-refractivity contribution in [1.82, 2.24) is 19.4 Å². The van der Waals surface area contributed by atoms with E-state index in [4.69, 9.17) is 16.0 Å². The number of furan rings is 1. The number of piperazine rings is 1. The fourth-order valence-electron chi connectivity index (χ4n) is 4.08. The summed E-state index contributed by atoms with van der Waals surface area (Å²) >= 11 is 6.09. The molecule has 0 radical (unpaired) electrons. The smallest absolute Gasteiger partial charge is 0.297 e. The minimum atomic E-state index is -0.385. The molecule has 5 rings (SSSR count). The quantitative estimate of drug-likeness (QED) is 0.472. The summed E-state index contributed by atoms with van der Waals surface area (Å²) in [7, 11) is 0. The van der Waals surface area contributed by atoms with Crippen LogP contribution in [-0.2, 0) is 16.1 Å². The summed E-state index contributed by atoms with van der Waals surface area (Å²) in [5.74, 6) is -0.343. The van der Waals surface area contributed by atoms with Gasteiger partial charge in [0.2, 0.25) is 17.4 Å². The molecule has 0 unspecified atom stereocenters. The lowest BCUT2D eigenvalue weighted by atomic mass is 10.2. The largest absolute Gasteiger partial charge is 0.448 e. The molecule has 0 spiro atoms. The molecule has 3 heterocycles. The van der Waals surface area contributed by atoms with Crippen LogP contribution in [0.15, 0.2) is 64.1 Å². The molecule has 2 amide bonds. The van der Waals surface area contributed by atoms with Crippen molar-refractivity contribution in [2.75, 3.05) is 38.0 Å². The third-order valence-corrected chi connectivity index (χ3v) is 6.23. The van der Waals surface area contributed by atoms with E-state index in [9.17, 15) is 14.4 Å². The molecule has 10 heteroatoms. The van der Waals surface area contributed by atoms with Gasteiger partial charge >= 0.3 is 0 Å². The number of nitrogens with one attached hydrogen (secondary N) is 1. The molecule has 4 aromatic rings.